The highest BCUT2D eigenvalue weighted by atomic mass is 16.6. The molecular weight excluding hydrogens is 364 g/mol. The zero-order valence-electron chi connectivity index (χ0n) is 16.7. The number of hydrogen-bond acceptors (Lipinski definition) is 7. The Labute approximate surface area is 163 Å². The van der Waals surface area contributed by atoms with Crippen LogP contribution in [0, 0.1) is 17.3 Å². The molecule has 0 aromatic carbocycles. The fourth-order valence-corrected chi connectivity index (χ4v) is 6.26. The van der Waals surface area contributed by atoms with E-state index in [1.807, 2.05) is 6.92 Å². The molecule has 0 amide bonds. The number of ether oxygens (including phenoxy) is 3. The first-order valence-corrected chi connectivity index (χ1v) is 9.65. The number of esters is 3. The molecule has 4 aliphatic rings. The number of rotatable bonds is 4. The molecule has 1 heterocycles. The molecule has 1 aliphatic heterocycles. The summed E-state index contributed by atoms with van der Waals surface area (Å²) in [5, 5.41) is 11.0. The van der Waals surface area contributed by atoms with Gasteiger partial charge in [0.1, 0.15) is 18.3 Å². The number of hydrogen-bond donors (Lipinski definition) is 1. The topological polar surface area (TPSA) is 99.1 Å². The molecule has 3 fully saturated rings. The summed E-state index contributed by atoms with van der Waals surface area (Å²) in [4.78, 5) is 36.3. The highest BCUT2D eigenvalue weighted by Gasteiger charge is 2.85. The largest absolute Gasteiger partial charge is 0.461 e. The average molecular weight is 390 g/mol. The molecule has 6 atom stereocenters. The highest BCUT2D eigenvalue weighted by molar-refractivity contribution is 5.96. The number of carbonyl (C=O) groups excluding carboxylic acids is 3. The van der Waals surface area contributed by atoms with E-state index in [1.54, 1.807) is 13.8 Å². The fraction of sp³-hybridized carbons (Fsp3) is 0.667. The molecule has 3 aliphatic carbocycles. The summed E-state index contributed by atoms with van der Waals surface area (Å²) in [7, 11) is 0. The van der Waals surface area contributed by atoms with Crippen molar-refractivity contribution in [3.05, 3.63) is 23.3 Å². The Balaban J connectivity index is 1.82. The molecule has 152 valence electrons. The summed E-state index contributed by atoms with van der Waals surface area (Å²) in [5.41, 5.74) is -1.41. The molecule has 7 nitrogen and oxygen atoms in total. The normalized spacial score (nSPS) is 42.9. The summed E-state index contributed by atoms with van der Waals surface area (Å²) in [6, 6.07) is 0. The van der Waals surface area contributed by atoms with Gasteiger partial charge in [0, 0.05) is 29.4 Å². The molecular formula is C21H26O7. The van der Waals surface area contributed by atoms with Gasteiger partial charge in [0.15, 0.2) is 0 Å². The fourth-order valence-electron chi connectivity index (χ4n) is 6.26. The molecule has 4 rings (SSSR count). The third kappa shape index (κ3) is 2.16. The van der Waals surface area contributed by atoms with Crippen LogP contribution in [0.15, 0.2) is 23.3 Å². The van der Waals surface area contributed by atoms with E-state index in [1.165, 1.54) is 6.92 Å². The lowest BCUT2D eigenvalue weighted by atomic mass is 9.44. The lowest BCUT2D eigenvalue weighted by molar-refractivity contribution is -0.252. The van der Waals surface area contributed by atoms with Gasteiger partial charge in [-0.05, 0) is 39.0 Å². The van der Waals surface area contributed by atoms with E-state index in [0.717, 1.165) is 6.42 Å². The third-order valence-electron chi connectivity index (χ3n) is 7.31. The Kier molecular flexibility index (Phi) is 3.90. The van der Waals surface area contributed by atoms with Crippen molar-refractivity contribution in [2.75, 3.05) is 6.61 Å². The van der Waals surface area contributed by atoms with Gasteiger partial charge in [-0.1, -0.05) is 13.5 Å². The van der Waals surface area contributed by atoms with Gasteiger partial charge in [-0.2, -0.15) is 0 Å². The molecule has 0 unspecified atom stereocenters. The zero-order valence-corrected chi connectivity index (χ0v) is 16.7. The molecule has 0 bridgehead atoms. The van der Waals surface area contributed by atoms with Crippen LogP contribution in [0.25, 0.3) is 0 Å². The van der Waals surface area contributed by atoms with Crippen molar-refractivity contribution >= 4 is 17.9 Å². The SMILES string of the molecule is C=C(C)C(=O)O[C@H]1C[C@@]2(C)[C@@H]3CC[C@](C)(O)[C@@H]3[C@]23OC(=O)C(COC(C)=O)=C13. The van der Waals surface area contributed by atoms with E-state index >= 15 is 0 Å². The second-order valence-electron chi connectivity index (χ2n) is 9.07. The van der Waals surface area contributed by atoms with Crippen LogP contribution in [0.1, 0.15) is 47.0 Å². The van der Waals surface area contributed by atoms with Crippen LogP contribution in [0.2, 0.25) is 0 Å². The molecule has 3 saturated carbocycles. The van der Waals surface area contributed by atoms with E-state index in [-0.39, 0.29) is 29.6 Å². The Hall–Kier alpha value is -2.15. The first-order chi connectivity index (χ1) is 13.0. The maximum Gasteiger partial charge on any atom is 0.338 e. The zero-order chi connectivity index (χ0) is 20.6. The van der Waals surface area contributed by atoms with Crippen LogP contribution in [0.3, 0.4) is 0 Å². The van der Waals surface area contributed by atoms with Gasteiger partial charge >= 0.3 is 17.9 Å². The summed E-state index contributed by atoms with van der Waals surface area (Å²) < 4.78 is 16.7. The van der Waals surface area contributed by atoms with Crippen molar-refractivity contribution < 1.29 is 33.7 Å². The molecule has 0 aromatic heterocycles. The molecule has 0 radical (unpaired) electrons. The summed E-state index contributed by atoms with van der Waals surface area (Å²) in [5.74, 6) is -1.74. The van der Waals surface area contributed by atoms with E-state index in [2.05, 4.69) is 6.58 Å². The molecule has 0 saturated heterocycles. The van der Waals surface area contributed by atoms with E-state index in [9.17, 15) is 19.5 Å². The second kappa shape index (κ2) is 5.69. The number of fused-ring (bicyclic) bond motifs is 2. The van der Waals surface area contributed by atoms with Crippen LogP contribution in [-0.4, -0.2) is 46.9 Å². The minimum atomic E-state index is -1.02. The van der Waals surface area contributed by atoms with Crippen molar-refractivity contribution in [2.24, 2.45) is 17.3 Å². The smallest absolute Gasteiger partial charge is 0.338 e. The van der Waals surface area contributed by atoms with Crippen LogP contribution < -0.4 is 0 Å². The third-order valence-corrected chi connectivity index (χ3v) is 7.31. The monoisotopic (exact) mass is 390 g/mol. The van der Waals surface area contributed by atoms with Gasteiger partial charge in [0.2, 0.25) is 0 Å². The number of aliphatic hydroxyl groups is 1. The van der Waals surface area contributed by atoms with Gasteiger partial charge in [-0.25, -0.2) is 9.59 Å². The first kappa shape index (κ1) is 19.2. The van der Waals surface area contributed by atoms with Crippen molar-refractivity contribution in [3.8, 4) is 0 Å². The lowest BCUT2D eigenvalue weighted by Gasteiger charge is -2.63. The Morgan fingerprint density at radius 1 is 1.32 bits per heavy atom. The molecule has 1 spiro atoms. The van der Waals surface area contributed by atoms with Crippen molar-refractivity contribution in [1.82, 2.24) is 0 Å². The Morgan fingerprint density at radius 2 is 2.00 bits per heavy atom. The first-order valence-electron chi connectivity index (χ1n) is 9.65. The predicted octanol–water partition coefficient (Wildman–Crippen LogP) is 1.83. The van der Waals surface area contributed by atoms with E-state index < -0.39 is 40.6 Å². The van der Waals surface area contributed by atoms with Crippen LogP contribution in [0.5, 0.6) is 0 Å². The van der Waals surface area contributed by atoms with Gasteiger partial charge in [-0.3, -0.25) is 4.79 Å². The molecule has 28 heavy (non-hydrogen) atoms. The Morgan fingerprint density at radius 3 is 2.61 bits per heavy atom. The standard InChI is InChI=1S/C21H26O7/c1-10(2)17(23)27-14-8-19(4)13-6-7-20(5,25)16(13)21(19)15(14)12(18(24)28-21)9-26-11(3)22/h13-14,16,25H,1,6-9H2,2-5H3/t13-,14+,16-,19+,20+,21+/m1/s1. The lowest BCUT2D eigenvalue weighted by Crippen LogP contribution is -2.70. The Bertz CT molecular complexity index is 838. The van der Waals surface area contributed by atoms with Crippen LogP contribution in [-0.2, 0) is 28.6 Å². The molecule has 1 N–H and O–H groups in total. The van der Waals surface area contributed by atoms with Crippen LogP contribution in [0.4, 0.5) is 0 Å². The highest BCUT2D eigenvalue weighted by Crippen LogP contribution is 2.78. The van der Waals surface area contributed by atoms with Crippen molar-refractivity contribution in [2.45, 2.75) is 64.3 Å². The maximum absolute atomic E-state index is 12.8. The summed E-state index contributed by atoms with van der Waals surface area (Å²) in [6.45, 7) is 10.0. The summed E-state index contributed by atoms with van der Waals surface area (Å²) in [6.07, 6.45) is 1.27. The predicted molar refractivity (Wildman–Crippen MR) is 96.7 cm³/mol. The molecule has 0 aromatic rings. The van der Waals surface area contributed by atoms with E-state index in [4.69, 9.17) is 14.2 Å². The number of carbonyl (C=O) groups is 3. The van der Waals surface area contributed by atoms with E-state index in [0.29, 0.717) is 18.4 Å². The minimum absolute atomic E-state index is 0.159. The van der Waals surface area contributed by atoms with Crippen molar-refractivity contribution in [3.63, 3.8) is 0 Å². The van der Waals surface area contributed by atoms with Gasteiger partial charge in [0.05, 0.1) is 11.2 Å². The minimum Gasteiger partial charge on any atom is -0.461 e. The second-order valence-corrected chi connectivity index (χ2v) is 9.07. The quantitative estimate of drug-likeness (QED) is 0.444. The van der Waals surface area contributed by atoms with Gasteiger partial charge in [-0.15, -0.1) is 0 Å². The van der Waals surface area contributed by atoms with Crippen LogP contribution >= 0.6 is 0 Å². The van der Waals surface area contributed by atoms with Gasteiger partial charge < -0.3 is 19.3 Å². The average Bonchev–Trinajstić information content (AvgIpc) is 3.11. The maximum atomic E-state index is 12.8. The molecule has 7 heteroatoms. The van der Waals surface area contributed by atoms with Gasteiger partial charge in [0.25, 0.3) is 0 Å². The summed E-state index contributed by atoms with van der Waals surface area (Å²) >= 11 is 0. The van der Waals surface area contributed by atoms with Crippen molar-refractivity contribution in [1.29, 1.82) is 0 Å².